The Kier molecular flexibility index (Phi) is 6.35. The summed E-state index contributed by atoms with van der Waals surface area (Å²) >= 11 is 11.5. The van der Waals surface area contributed by atoms with Crippen molar-refractivity contribution in [3.63, 3.8) is 0 Å². The fraction of sp³-hybridized carbons (Fsp3) is 0.304. The van der Waals surface area contributed by atoms with Crippen LogP contribution in [0.4, 0.5) is 11.4 Å². The van der Waals surface area contributed by atoms with E-state index < -0.39 is 0 Å². The Balaban J connectivity index is 1.68. The van der Waals surface area contributed by atoms with E-state index in [1.165, 1.54) is 0 Å². The van der Waals surface area contributed by atoms with Crippen LogP contribution in [-0.4, -0.2) is 18.4 Å². The fourth-order valence-corrected chi connectivity index (χ4v) is 4.02. The molecule has 3 rings (SSSR count). The fourth-order valence-electron chi connectivity index (χ4n) is 3.75. The Labute approximate surface area is 181 Å². The lowest BCUT2D eigenvalue weighted by Gasteiger charge is -2.21. The number of allylic oxidation sites excluding steroid dienone is 1. The van der Waals surface area contributed by atoms with Crippen molar-refractivity contribution >= 4 is 46.4 Å². The summed E-state index contributed by atoms with van der Waals surface area (Å²) < 4.78 is 0.181. The molecule has 0 heterocycles. The maximum atomic E-state index is 12.9. The van der Waals surface area contributed by atoms with Crippen LogP contribution in [0.2, 0.25) is 0 Å². The molecule has 0 aliphatic heterocycles. The summed E-state index contributed by atoms with van der Waals surface area (Å²) in [6.45, 7) is 6.53. The first-order valence-corrected chi connectivity index (χ1v) is 10.3. The molecule has 2 unspecified atom stereocenters. The zero-order valence-electron chi connectivity index (χ0n) is 16.7. The molecule has 2 aromatic carbocycles. The van der Waals surface area contributed by atoms with Crippen LogP contribution in [0.25, 0.3) is 0 Å². The Hall–Kier alpha value is -2.30. The van der Waals surface area contributed by atoms with Gasteiger partial charge in [-0.25, -0.2) is 0 Å². The minimum atomic E-state index is -0.190. The number of anilines is 2. The highest BCUT2D eigenvalue weighted by atomic mass is 35.5. The number of hydrogen-bond donors (Lipinski definition) is 1. The largest absolute Gasteiger partial charge is 0.326 e. The van der Waals surface area contributed by atoms with Crippen molar-refractivity contribution in [2.45, 2.75) is 20.8 Å². The van der Waals surface area contributed by atoms with Crippen LogP contribution in [0, 0.1) is 17.3 Å². The molecule has 29 heavy (non-hydrogen) atoms. The molecule has 0 radical (unpaired) electrons. The van der Waals surface area contributed by atoms with Crippen LogP contribution in [0.5, 0.6) is 0 Å². The molecule has 0 spiro atoms. The highest BCUT2D eigenvalue weighted by Crippen LogP contribution is 2.60. The highest BCUT2D eigenvalue weighted by Gasteiger charge is 2.60. The molecule has 6 heteroatoms. The molecule has 1 aliphatic rings. The maximum Gasteiger partial charge on any atom is 0.258 e. The lowest BCUT2D eigenvalue weighted by atomic mass is 10.1. The second kappa shape index (κ2) is 8.60. The summed E-state index contributed by atoms with van der Waals surface area (Å²) in [5.74, 6) is -0.339. The van der Waals surface area contributed by atoms with Crippen LogP contribution < -0.4 is 10.2 Å². The third-order valence-corrected chi connectivity index (χ3v) is 5.78. The molecule has 0 aromatic heterocycles. The van der Waals surface area contributed by atoms with Crippen LogP contribution in [-0.2, 0) is 4.79 Å². The van der Waals surface area contributed by atoms with Crippen molar-refractivity contribution in [1.29, 1.82) is 0 Å². The zero-order valence-corrected chi connectivity index (χ0v) is 18.2. The van der Waals surface area contributed by atoms with E-state index in [2.05, 4.69) is 5.32 Å². The number of rotatable bonds is 6. The number of carbonyl (C=O) groups is 2. The van der Waals surface area contributed by atoms with E-state index in [9.17, 15) is 9.59 Å². The van der Waals surface area contributed by atoms with E-state index in [1.54, 1.807) is 35.2 Å². The van der Waals surface area contributed by atoms with E-state index in [0.717, 1.165) is 5.69 Å². The quantitative estimate of drug-likeness (QED) is 0.621. The predicted octanol–water partition coefficient (Wildman–Crippen LogP) is 5.88. The number of amides is 2. The minimum Gasteiger partial charge on any atom is -0.326 e. The third kappa shape index (κ3) is 4.65. The molecule has 0 bridgehead atoms. The van der Waals surface area contributed by atoms with Gasteiger partial charge in [0, 0.05) is 23.5 Å². The molecule has 2 aromatic rings. The molecule has 2 amide bonds. The highest BCUT2D eigenvalue weighted by molar-refractivity contribution is 6.55. The van der Waals surface area contributed by atoms with E-state index in [1.807, 2.05) is 51.1 Å². The summed E-state index contributed by atoms with van der Waals surface area (Å²) in [7, 11) is 0. The van der Waals surface area contributed by atoms with E-state index in [-0.39, 0.29) is 33.6 Å². The van der Waals surface area contributed by atoms with Gasteiger partial charge in [-0.3, -0.25) is 9.59 Å². The van der Waals surface area contributed by atoms with E-state index in [4.69, 9.17) is 23.2 Å². The molecular weight excluding hydrogens is 407 g/mol. The smallest absolute Gasteiger partial charge is 0.258 e. The molecule has 1 N–H and O–H groups in total. The van der Waals surface area contributed by atoms with Gasteiger partial charge in [-0.15, -0.1) is 0 Å². The van der Waals surface area contributed by atoms with Gasteiger partial charge < -0.3 is 10.2 Å². The van der Waals surface area contributed by atoms with Crippen molar-refractivity contribution in [3.05, 3.63) is 70.7 Å². The van der Waals surface area contributed by atoms with E-state index >= 15 is 0 Å². The van der Waals surface area contributed by atoms with Gasteiger partial charge in [0.15, 0.2) is 0 Å². The summed E-state index contributed by atoms with van der Waals surface area (Å²) in [5, 5.41) is 2.92. The zero-order chi connectivity index (χ0) is 21.2. The van der Waals surface area contributed by atoms with Gasteiger partial charge in [0.1, 0.15) is 4.49 Å². The van der Waals surface area contributed by atoms with Gasteiger partial charge in [-0.2, -0.15) is 0 Å². The molecule has 1 fully saturated rings. The van der Waals surface area contributed by atoms with E-state index in [0.29, 0.717) is 17.8 Å². The first kappa shape index (κ1) is 21.4. The monoisotopic (exact) mass is 430 g/mol. The summed E-state index contributed by atoms with van der Waals surface area (Å²) in [4.78, 5) is 27.2. The molecule has 152 valence electrons. The molecule has 0 saturated heterocycles. The van der Waals surface area contributed by atoms with Crippen molar-refractivity contribution < 1.29 is 9.59 Å². The number of halogens is 2. The summed E-state index contributed by atoms with van der Waals surface area (Å²) in [6, 6.07) is 16.5. The van der Waals surface area contributed by atoms with Crippen molar-refractivity contribution in [1.82, 2.24) is 0 Å². The van der Waals surface area contributed by atoms with Gasteiger partial charge in [-0.05, 0) is 60.7 Å². The normalized spacial score (nSPS) is 19.2. The maximum absolute atomic E-state index is 12.9. The average Bonchev–Trinajstić information content (AvgIpc) is 3.23. The molecule has 2 atom stereocenters. The van der Waals surface area contributed by atoms with Crippen molar-refractivity contribution in [2.24, 2.45) is 17.3 Å². The molecular formula is C23H24Cl2N2O2. The first-order valence-electron chi connectivity index (χ1n) is 9.56. The van der Waals surface area contributed by atoms with Crippen molar-refractivity contribution in [3.8, 4) is 0 Å². The van der Waals surface area contributed by atoms with Crippen LogP contribution in [0.1, 0.15) is 31.1 Å². The number of para-hydroxylation sites is 1. The molecule has 4 nitrogen and oxygen atoms in total. The van der Waals surface area contributed by atoms with Gasteiger partial charge in [0.2, 0.25) is 5.91 Å². The van der Waals surface area contributed by atoms with Crippen molar-refractivity contribution in [2.75, 3.05) is 16.8 Å². The minimum absolute atomic E-state index is 0.0114. The number of hydrogen-bond acceptors (Lipinski definition) is 2. The average molecular weight is 431 g/mol. The second-order valence-corrected chi connectivity index (χ2v) is 8.74. The van der Waals surface area contributed by atoms with Gasteiger partial charge in [0.05, 0.1) is 5.92 Å². The number of benzene rings is 2. The Morgan fingerprint density at radius 2 is 1.69 bits per heavy atom. The Bertz CT molecular complexity index is 920. The number of nitrogens with one attached hydrogen (secondary N) is 1. The second-order valence-electron chi connectivity index (χ2n) is 7.73. The lowest BCUT2D eigenvalue weighted by molar-refractivity contribution is -0.118. The SMILES string of the molecule is CCN(C(=O)c1ccc(NC(=O)C2C(C=C(Cl)Cl)C2(C)C)cc1)c1ccccc1. The lowest BCUT2D eigenvalue weighted by Crippen LogP contribution is -2.30. The van der Waals surface area contributed by atoms with Crippen LogP contribution in [0.3, 0.4) is 0 Å². The molecule has 1 aliphatic carbocycles. The van der Waals surface area contributed by atoms with Gasteiger partial charge in [-0.1, -0.05) is 55.2 Å². The Morgan fingerprint density at radius 1 is 1.07 bits per heavy atom. The molecule has 1 saturated carbocycles. The standard InChI is InChI=1S/C23H24Cl2N2O2/c1-4-27(17-8-6-5-7-9-17)22(29)15-10-12-16(13-11-15)26-21(28)20-18(14-19(24)25)23(20,2)3/h5-14,18,20H,4H2,1-3H3,(H,26,28). The Morgan fingerprint density at radius 3 is 2.24 bits per heavy atom. The number of carbonyl (C=O) groups excluding carboxylic acids is 2. The summed E-state index contributed by atoms with van der Waals surface area (Å²) in [5.41, 5.74) is 1.88. The topological polar surface area (TPSA) is 49.4 Å². The van der Waals surface area contributed by atoms with Gasteiger partial charge >= 0.3 is 0 Å². The predicted molar refractivity (Wildman–Crippen MR) is 119 cm³/mol. The number of nitrogens with zero attached hydrogens (tertiary/aromatic N) is 1. The first-order chi connectivity index (χ1) is 13.8. The third-order valence-electron chi connectivity index (χ3n) is 5.53. The van der Waals surface area contributed by atoms with Crippen LogP contribution in [0.15, 0.2) is 65.2 Å². The summed E-state index contributed by atoms with van der Waals surface area (Å²) in [6.07, 6.45) is 1.72. The van der Waals surface area contributed by atoms with Crippen LogP contribution >= 0.6 is 23.2 Å². The van der Waals surface area contributed by atoms with Gasteiger partial charge in [0.25, 0.3) is 5.91 Å².